The lowest BCUT2D eigenvalue weighted by molar-refractivity contribution is 0.203. The summed E-state index contributed by atoms with van der Waals surface area (Å²) in [5.74, 6) is -1.26. The Balaban J connectivity index is 2.42. The van der Waals surface area contributed by atoms with E-state index in [2.05, 4.69) is 4.98 Å². The number of rotatable bonds is 2. The van der Waals surface area contributed by atoms with Crippen molar-refractivity contribution >= 4 is 11.3 Å². The van der Waals surface area contributed by atoms with Crippen LogP contribution in [0.25, 0.3) is 10.6 Å². The second-order valence-corrected chi connectivity index (χ2v) is 4.43. The molecule has 2 aromatic rings. The molecule has 2 rings (SSSR count). The molecule has 16 heavy (non-hydrogen) atoms. The minimum atomic E-state index is -0.647. The molecule has 0 aliphatic carbocycles. The number of aliphatic hydroxyl groups excluding tert-OH is 1. The zero-order chi connectivity index (χ0) is 11.7. The fraction of sp³-hybridized carbons (Fsp3) is 0.182. The van der Waals surface area contributed by atoms with Crippen LogP contribution in [0.3, 0.4) is 0 Å². The molecule has 0 spiro atoms. The molecule has 0 saturated heterocycles. The van der Waals surface area contributed by atoms with Crippen LogP contribution in [0.2, 0.25) is 0 Å². The summed E-state index contributed by atoms with van der Waals surface area (Å²) >= 11 is 1.19. The number of aliphatic hydroxyl groups is 1. The zero-order valence-corrected chi connectivity index (χ0v) is 9.26. The van der Waals surface area contributed by atoms with Gasteiger partial charge in [0, 0.05) is 17.8 Å². The number of hydrogen-bond donors (Lipinski definition) is 1. The fourth-order valence-corrected chi connectivity index (χ4v) is 2.15. The molecule has 1 heterocycles. The van der Waals surface area contributed by atoms with Crippen molar-refractivity contribution in [1.29, 1.82) is 0 Å². The third kappa shape index (κ3) is 2.10. The molecule has 84 valence electrons. The molecular weight excluding hydrogens is 232 g/mol. The van der Waals surface area contributed by atoms with Crippen molar-refractivity contribution < 1.29 is 13.9 Å². The van der Waals surface area contributed by atoms with Gasteiger partial charge in [0.2, 0.25) is 0 Å². The first-order valence-electron chi connectivity index (χ1n) is 4.67. The third-order valence-corrected chi connectivity index (χ3v) is 3.30. The van der Waals surface area contributed by atoms with E-state index in [9.17, 15) is 13.9 Å². The van der Waals surface area contributed by atoms with Crippen LogP contribution in [0, 0.1) is 11.6 Å². The Morgan fingerprint density at radius 3 is 2.69 bits per heavy atom. The summed E-state index contributed by atoms with van der Waals surface area (Å²) in [6, 6.07) is 3.34. The van der Waals surface area contributed by atoms with E-state index in [0.29, 0.717) is 9.88 Å². The van der Waals surface area contributed by atoms with Crippen LogP contribution in [-0.2, 0) is 0 Å². The molecule has 1 unspecified atom stereocenters. The molecule has 0 saturated carbocycles. The molecule has 0 bridgehead atoms. The van der Waals surface area contributed by atoms with Crippen LogP contribution >= 0.6 is 11.3 Å². The van der Waals surface area contributed by atoms with E-state index in [0.717, 1.165) is 6.07 Å². The molecule has 0 fully saturated rings. The topological polar surface area (TPSA) is 33.1 Å². The van der Waals surface area contributed by atoms with E-state index < -0.39 is 17.7 Å². The Morgan fingerprint density at radius 1 is 1.38 bits per heavy atom. The SMILES string of the molecule is CC(O)c1cnc(-c2ccc(F)cc2F)s1. The summed E-state index contributed by atoms with van der Waals surface area (Å²) < 4.78 is 26.1. The van der Waals surface area contributed by atoms with Crippen molar-refractivity contribution in [2.24, 2.45) is 0 Å². The van der Waals surface area contributed by atoms with Gasteiger partial charge in [-0.05, 0) is 19.1 Å². The standard InChI is InChI=1S/C11H9F2NOS/c1-6(15)10-5-14-11(16-10)8-3-2-7(12)4-9(8)13/h2-6,15H,1H3. The van der Waals surface area contributed by atoms with Crippen molar-refractivity contribution in [3.63, 3.8) is 0 Å². The van der Waals surface area contributed by atoms with Gasteiger partial charge in [0.25, 0.3) is 0 Å². The van der Waals surface area contributed by atoms with E-state index in [1.165, 1.54) is 29.7 Å². The second-order valence-electron chi connectivity index (χ2n) is 3.37. The van der Waals surface area contributed by atoms with Gasteiger partial charge in [-0.15, -0.1) is 11.3 Å². The van der Waals surface area contributed by atoms with Crippen molar-refractivity contribution in [2.45, 2.75) is 13.0 Å². The van der Waals surface area contributed by atoms with E-state index in [1.54, 1.807) is 6.92 Å². The zero-order valence-electron chi connectivity index (χ0n) is 8.45. The van der Waals surface area contributed by atoms with Gasteiger partial charge in [-0.1, -0.05) is 0 Å². The number of benzene rings is 1. The molecule has 1 atom stereocenters. The highest BCUT2D eigenvalue weighted by Crippen LogP contribution is 2.30. The van der Waals surface area contributed by atoms with E-state index in [-0.39, 0.29) is 5.56 Å². The maximum absolute atomic E-state index is 13.4. The summed E-state index contributed by atoms with van der Waals surface area (Å²) in [4.78, 5) is 4.65. The average Bonchev–Trinajstić information content (AvgIpc) is 2.66. The van der Waals surface area contributed by atoms with Crippen LogP contribution in [0.5, 0.6) is 0 Å². The molecular formula is C11H9F2NOS. The Hall–Kier alpha value is -1.33. The highest BCUT2D eigenvalue weighted by Gasteiger charge is 2.12. The van der Waals surface area contributed by atoms with Crippen LogP contribution in [0.4, 0.5) is 8.78 Å². The molecule has 1 aromatic carbocycles. The number of hydrogen-bond acceptors (Lipinski definition) is 3. The van der Waals surface area contributed by atoms with Crippen LogP contribution in [0.1, 0.15) is 17.9 Å². The van der Waals surface area contributed by atoms with Gasteiger partial charge >= 0.3 is 0 Å². The van der Waals surface area contributed by atoms with E-state index in [4.69, 9.17) is 0 Å². The highest BCUT2D eigenvalue weighted by molar-refractivity contribution is 7.15. The maximum atomic E-state index is 13.4. The van der Waals surface area contributed by atoms with E-state index >= 15 is 0 Å². The lowest BCUT2D eigenvalue weighted by Gasteiger charge is -1.99. The minimum absolute atomic E-state index is 0.248. The summed E-state index contributed by atoms with van der Waals surface area (Å²) in [7, 11) is 0. The predicted molar refractivity (Wildman–Crippen MR) is 58.1 cm³/mol. The van der Waals surface area contributed by atoms with E-state index in [1.807, 2.05) is 0 Å². The van der Waals surface area contributed by atoms with Gasteiger partial charge in [0.15, 0.2) is 0 Å². The number of thiazole rings is 1. The summed E-state index contributed by atoms with van der Waals surface area (Å²) in [5, 5.41) is 9.75. The summed E-state index contributed by atoms with van der Waals surface area (Å²) in [6.45, 7) is 1.61. The van der Waals surface area contributed by atoms with Gasteiger partial charge in [-0.25, -0.2) is 13.8 Å². The van der Waals surface area contributed by atoms with Crippen molar-refractivity contribution in [3.8, 4) is 10.6 Å². The Labute approximate surface area is 95.2 Å². The predicted octanol–water partition coefficient (Wildman–Crippen LogP) is 3.14. The van der Waals surface area contributed by atoms with Crippen LogP contribution in [-0.4, -0.2) is 10.1 Å². The van der Waals surface area contributed by atoms with Gasteiger partial charge in [0.05, 0.1) is 11.0 Å². The molecule has 0 amide bonds. The second kappa shape index (κ2) is 4.27. The molecule has 0 aliphatic rings. The normalized spacial score (nSPS) is 12.8. The first-order valence-corrected chi connectivity index (χ1v) is 5.49. The largest absolute Gasteiger partial charge is 0.388 e. The Morgan fingerprint density at radius 2 is 2.12 bits per heavy atom. The van der Waals surface area contributed by atoms with Crippen LogP contribution in [0.15, 0.2) is 24.4 Å². The molecule has 1 aromatic heterocycles. The summed E-state index contributed by atoms with van der Waals surface area (Å²) in [6.07, 6.45) is 0.864. The van der Waals surface area contributed by atoms with Gasteiger partial charge in [0.1, 0.15) is 16.6 Å². The van der Waals surface area contributed by atoms with Gasteiger partial charge in [-0.2, -0.15) is 0 Å². The van der Waals surface area contributed by atoms with Crippen LogP contribution < -0.4 is 0 Å². The third-order valence-electron chi connectivity index (χ3n) is 2.10. The van der Waals surface area contributed by atoms with Crippen molar-refractivity contribution in [2.75, 3.05) is 0 Å². The number of nitrogens with zero attached hydrogens (tertiary/aromatic N) is 1. The van der Waals surface area contributed by atoms with Gasteiger partial charge < -0.3 is 5.11 Å². The molecule has 2 nitrogen and oxygen atoms in total. The number of aromatic nitrogens is 1. The molecule has 0 aliphatic heterocycles. The quantitative estimate of drug-likeness (QED) is 0.876. The smallest absolute Gasteiger partial charge is 0.136 e. The van der Waals surface area contributed by atoms with Crippen molar-refractivity contribution in [1.82, 2.24) is 4.98 Å². The first-order chi connectivity index (χ1) is 7.58. The monoisotopic (exact) mass is 241 g/mol. The molecule has 5 heteroatoms. The summed E-state index contributed by atoms with van der Waals surface area (Å²) in [5.41, 5.74) is 0.248. The lowest BCUT2D eigenvalue weighted by Crippen LogP contribution is -1.84. The van der Waals surface area contributed by atoms with Crippen molar-refractivity contribution in [3.05, 3.63) is 40.9 Å². The number of halogens is 2. The fourth-order valence-electron chi connectivity index (χ4n) is 1.27. The Bertz CT molecular complexity index is 510. The minimum Gasteiger partial charge on any atom is -0.388 e. The molecule has 0 radical (unpaired) electrons. The average molecular weight is 241 g/mol. The first kappa shape index (κ1) is 11.2. The molecule has 1 N–H and O–H groups in total. The lowest BCUT2D eigenvalue weighted by atomic mass is 10.2. The van der Waals surface area contributed by atoms with Gasteiger partial charge in [-0.3, -0.25) is 0 Å². The highest BCUT2D eigenvalue weighted by atomic mass is 32.1. The Kier molecular flexibility index (Phi) is 2.98. The maximum Gasteiger partial charge on any atom is 0.136 e.